The lowest BCUT2D eigenvalue weighted by atomic mass is 10.0. The van der Waals surface area contributed by atoms with E-state index in [4.69, 9.17) is 0 Å². The lowest BCUT2D eigenvalue weighted by Crippen LogP contribution is -1.97. The Balaban J connectivity index is 5.26. The van der Waals surface area contributed by atoms with Crippen molar-refractivity contribution in [2.24, 2.45) is 0 Å². The zero-order valence-electron chi connectivity index (χ0n) is 7.97. The number of hydrogen-bond donors (Lipinski definition) is 0. The maximum absolute atomic E-state index is 10.6. The van der Waals surface area contributed by atoms with E-state index < -0.39 is 0 Å². The predicted octanol–water partition coefficient (Wildman–Crippen LogP) is 2.06. The highest BCUT2D eigenvalue weighted by atomic mass is 16.1. The second-order valence-electron chi connectivity index (χ2n) is 3.06. The molecule has 2 nitrogen and oxygen atoms in total. The summed E-state index contributed by atoms with van der Waals surface area (Å²) in [4.78, 5) is 21.2. The quantitative estimate of drug-likeness (QED) is 0.365. The van der Waals surface area contributed by atoms with Crippen LogP contribution >= 0.6 is 0 Å². The molecule has 0 saturated carbocycles. The molecule has 0 aliphatic heterocycles. The van der Waals surface area contributed by atoms with Crippen molar-refractivity contribution in [2.75, 3.05) is 0 Å². The molecule has 0 fully saturated rings. The molecule has 0 aliphatic rings. The number of hydrogen-bond acceptors (Lipinski definition) is 2. The van der Waals surface area contributed by atoms with E-state index in [1.54, 1.807) is 0 Å². The van der Waals surface area contributed by atoms with Crippen LogP contribution < -0.4 is 0 Å². The fourth-order valence-electron chi connectivity index (χ4n) is 0.901. The first-order valence-electron chi connectivity index (χ1n) is 3.80. The van der Waals surface area contributed by atoms with E-state index in [-0.39, 0.29) is 0 Å². The fourth-order valence-corrected chi connectivity index (χ4v) is 0.901. The SMILES string of the molecule is CC(C)=C(C=O)C(C=O)=C(C)C. The number of allylic oxidation sites excluding steroid dienone is 4. The molecule has 12 heavy (non-hydrogen) atoms. The van der Waals surface area contributed by atoms with Crippen LogP contribution in [-0.4, -0.2) is 12.6 Å². The van der Waals surface area contributed by atoms with E-state index in [1.807, 2.05) is 27.7 Å². The van der Waals surface area contributed by atoms with E-state index in [0.29, 0.717) is 11.1 Å². The first-order valence-corrected chi connectivity index (χ1v) is 3.80. The fraction of sp³-hybridized carbons (Fsp3) is 0.400. The zero-order valence-corrected chi connectivity index (χ0v) is 7.97. The zero-order chi connectivity index (χ0) is 9.72. The van der Waals surface area contributed by atoms with Gasteiger partial charge < -0.3 is 0 Å². The maximum atomic E-state index is 10.6. The third-order valence-electron chi connectivity index (χ3n) is 1.60. The molecule has 0 heterocycles. The van der Waals surface area contributed by atoms with Gasteiger partial charge in [-0.1, -0.05) is 11.1 Å². The molecule has 0 aromatic carbocycles. The van der Waals surface area contributed by atoms with Crippen molar-refractivity contribution in [1.82, 2.24) is 0 Å². The minimum Gasteiger partial charge on any atom is -0.298 e. The molecular weight excluding hydrogens is 152 g/mol. The van der Waals surface area contributed by atoms with E-state index >= 15 is 0 Å². The van der Waals surface area contributed by atoms with Gasteiger partial charge in [0.2, 0.25) is 0 Å². The van der Waals surface area contributed by atoms with Gasteiger partial charge in [-0.2, -0.15) is 0 Å². The molecule has 0 saturated heterocycles. The molecule has 0 radical (unpaired) electrons. The van der Waals surface area contributed by atoms with Crippen molar-refractivity contribution < 1.29 is 9.59 Å². The van der Waals surface area contributed by atoms with Crippen molar-refractivity contribution in [3.8, 4) is 0 Å². The van der Waals surface area contributed by atoms with Gasteiger partial charge in [-0.25, -0.2) is 0 Å². The standard InChI is InChI=1S/C10H14O2/c1-7(2)9(5-11)10(6-12)8(3)4/h5-6H,1-4H3. The smallest absolute Gasteiger partial charge is 0.150 e. The molecule has 0 aliphatic carbocycles. The van der Waals surface area contributed by atoms with Gasteiger partial charge in [-0.3, -0.25) is 9.59 Å². The second kappa shape index (κ2) is 4.65. The predicted molar refractivity (Wildman–Crippen MR) is 48.9 cm³/mol. The Kier molecular flexibility index (Phi) is 4.19. The Bertz CT molecular complexity index is 221. The Morgan fingerprint density at radius 3 is 1.08 bits per heavy atom. The topological polar surface area (TPSA) is 34.1 Å². The van der Waals surface area contributed by atoms with Crippen molar-refractivity contribution in [2.45, 2.75) is 27.7 Å². The Hall–Kier alpha value is -1.18. The molecule has 66 valence electrons. The van der Waals surface area contributed by atoms with Gasteiger partial charge in [0.15, 0.2) is 12.6 Å². The molecule has 0 aromatic heterocycles. The lowest BCUT2D eigenvalue weighted by molar-refractivity contribution is -0.107. The molecule has 0 amide bonds. The number of carbonyl (C=O) groups is 2. The van der Waals surface area contributed by atoms with E-state index in [2.05, 4.69) is 0 Å². The van der Waals surface area contributed by atoms with E-state index in [1.165, 1.54) is 0 Å². The number of rotatable bonds is 3. The summed E-state index contributed by atoms with van der Waals surface area (Å²) in [6.07, 6.45) is 1.46. The summed E-state index contributed by atoms with van der Waals surface area (Å²) in [5, 5.41) is 0. The molecule has 0 atom stereocenters. The minimum absolute atomic E-state index is 0.505. The summed E-state index contributed by atoms with van der Waals surface area (Å²) in [7, 11) is 0. The molecule has 2 heteroatoms. The molecule has 0 unspecified atom stereocenters. The first kappa shape index (κ1) is 10.8. The molecule has 0 aromatic rings. The Morgan fingerprint density at radius 2 is 1.00 bits per heavy atom. The third-order valence-corrected chi connectivity index (χ3v) is 1.60. The van der Waals surface area contributed by atoms with Crippen molar-refractivity contribution in [3.05, 3.63) is 22.3 Å². The molecular formula is C10H14O2. The highest BCUT2D eigenvalue weighted by Crippen LogP contribution is 2.14. The summed E-state index contributed by atoms with van der Waals surface area (Å²) in [5.74, 6) is 0. The van der Waals surface area contributed by atoms with Crippen LogP contribution in [-0.2, 0) is 9.59 Å². The van der Waals surface area contributed by atoms with Gasteiger partial charge in [-0.05, 0) is 27.7 Å². The minimum atomic E-state index is 0.505. The lowest BCUT2D eigenvalue weighted by Gasteiger charge is -2.03. The molecule has 0 N–H and O–H groups in total. The van der Waals surface area contributed by atoms with Crippen LogP contribution in [0.2, 0.25) is 0 Å². The summed E-state index contributed by atoms with van der Waals surface area (Å²) in [6, 6.07) is 0. The molecule has 0 rings (SSSR count). The van der Waals surface area contributed by atoms with Crippen LogP contribution in [0.3, 0.4) is 0 Å². The monoisotopic (exact) mass is 166 g/mol. The van der Waals surface area contributed by atoms with E-state index in [0.717, 1.165) is 23.7 Å². The van der Waals surface area contributed by atoms with Gasteiger partial charge in [0.25, 0.3) is 0 Å². The number of carbonyl (C=O) groups excluding carboxylic acids is 2. The van der Waals surface area contributed by atoms with Crippen LogP contribution in [0.1, 0.15) is 27.7 Å². The summed E-state index contributed by atoms with van der Waals surface area (Å²) in [5.41, 5.74) is 2.75. The summed E-state index contributed by atoms with van der Waals surface area (Å²) < 4.78 is 0. The summed E-state index contributed by atoms with van der Waals surface area (Å²) in [6.45, 7) is 7.26. The second-order valence-corrected chi connectivity index (χ2v) is 3.06. The van der Waals surface area contributed by atoms with Crippen LogP contribution in [0, 0.1) is 0 Å². The van der Waals surface area contributed by atoms with Crippen LogP contribution in [0.25, 0.3) is 0 Å². The van der Waals surface area contributed by atoms with Crippen molar-refractivity contribution in [1.29, 1.82) is 0 Å². The highest BCUT2D eigenvalue weighted by molar-refractivity contribution is 5.95. The Morgan fingerprint density at radius 1 is 0.750 bits per heavy atom. The largest absolute Gasteiger partial charge is 0.298 e. The van der Waals surface area contributed by atoms with Gasteiger partial charge in [0, 0.05) is 11.1 Å². The van der Waals surface area contributed by atoms with Crippen LogP contribution in [0.5, 0.6) is 0 Å². The Labute approximate surface area is 73.0 Å². The van der Waals surface area contributed by atoms with Crippen LogP contribution in [0.15, 0.2) is 22.3 Å². The van der Waals surface area contributed by atoms with Gasteiger partial charge >= 0.3 is 0 Å². The average Bonchev–Trinajstić information content (AvgIpc) is 1.98. The highest BCUT2D eigenvalue weighted by Gasteiger charge is 2.05. The maximum Gasteiger partial charge on any atom is 0.150 e. The number of aldehydes is 2. The van der Waals surface area contributed by atoms with Crippen molar-refractivity contribution >= 4 is 12.6 Å². The van der Waals surface area contributed by atoms with Crippen LogP contribution in [0.4, 0.5) is 0 Å². The van der Waals surface area contributed by atoms with Gasteiger partial charge in [0.1, 0.15) is 0 Å². The molecule has 0 spiro atoms. The van der Waals surface area contributed by atoms with Gasteiger partial charge in [-0.15, -0.1) is 0 Å². The van der Waals surface area contributed by atoms with E-state index in [9.17, 15) is 9.59 Å². The average molecular weight is 166 g/mol. The third kappa shape index (κ3) is 2.46. The normalized spacial score (nSPS) is 8.67. The van der Waals surface area contributed by atoms with Gasteiger partial charge in [0.05, 0.1) is 0 Å². The van der Waals surface area contributed by atoms with Crippen molar-refractivity contribution in [3.63, 3.8) is 0 Å². The summed E-state index contributed by atoms with van der Waals surface area (Å²) >= 11 is 0. The molecule has 0 bridgehead atoms. The first-order chi connectivity index (χ1) is 5.54.